The van der Waals surface area contributed by atoms with Crippen LogP contribution < -0.4 is 9.80 Å². The van der Waals surface area contributed by atoms with Crippen molar-refractivity contribution in [3.05, 3.63) is 41.7 Å². The lowest BCUT2D eigenvalue weighted by atomic mass is 10.1. The number of amides is 2. The lowest BCUT2D eigenvalue weighted by Crippen LogP contribution is -2.50. The molecule has 0 saturated carbocycles. The smallest absolute Gasteiger partial charge is 0.344 e. The molecule has 5 rings (SSSR count). The summed E-state index contributed by atoms with van der Waals surface area (Å²) >= 11 is 0. The first-order chi connectivity index (χ1) is 16.4. The highest BCUT2D eigenvalue weighted by molar-refractivity contribution is 5.91. The normalized spacial score (nSPS) is 22.8. The van der Waals surface area contributed by atoms with Crippen molar-refractivity contribution in [2.45, 2.75) is 45.3 Å². The molecule has 3 aliphatic heterocycles. The molecular formula is C25H34N6O3. The maximum absolute atomic E-state index is 12.9. The minimum absolute atomic E-state index is 0.0961. The molecule has 0 aliphatic carbocycles. The predicted molar refractivity (Wildman–Crippen MR) is 130 cm³/mol. The van der Waals surface area contributed by atoms with Crippen LogP contribution in [0, 0.1) is 6.92 Å². The number of fused-ring (bicyclic) bond motifs is 2. The fourth-order valence-corrected chi connectivity index (χ4v) is 5.33. The quantitative estimate of drug-likeness (QED) is 0.689. The summed E-state index contributed by atoms with van der Waals surface area (Å²) in [5.74, 6) is -0.0961. The zero-order chi connectivity index (χ0) is 23.8. The molecule has 3 aliphatic rings. The second-order valence-corrected chi connectivity index (χ2v) is 9.73. The Kier molecular flexibility index (Phi) is 6.31. The summed E-state index contributed by atoms with van der Waals surface area (Å²) in [6, 6.07) is 7.62. The maximum atomic E-state index is 12.9. The third-order valence-corrected chi connectivity index (χ3v) is 7.42. The lowest BCUT2D eigenvalue weighted by molar-refractivity contribution is -0.116. The first-order valence-electron chi connectivity index (χ1n) is 12.2. The van der Waals surface area contributed by atoms with E-state index in [2.05, 4.69) is 40.0 Å². The molecule has 9 heteroatoms. The average molecular weight is 467 g/mol. The Labute approximate surface area is 200 Å². The minimum Gasteiger partial charge on any atom is -0.377 e. The van der Waals surface area contributed by atoms with Crippen LogP contribution in [0.25, 0.3) is 0 Å². The molecule has 0 radical (unpaired) electrons. The van der Waals surface area contributed by atoms with E-state index in [0.29, 0.717) is 30.9 Å². The Morgan fingerprint density at radius 3 is 2.50 bits per heavy atom. The Balaban J connectivity index is 1.23. The minimum atomic E-state index is -0.149. The van der Waals surface area contributed by atoms with Crippen molar-refractivity contribution < 1.29 is 14.3 Å². The van der Waals surface area contributed by atoms with E-state index in [1.165, 1.54) is 46.2 Å². The van der Waals surface area contributed by atoms with Gasteiger partial charge in [-0.2, -0.15) is 9.78 Å². The molecule has 2 atom stereocenters. The van der Waals surface area contributed by atoms with E-state index in [4.69, 9.17) is 4.74 Å². The number of aromatic nitrogens is 2. The first-order valence-corrected chi connectivity index (χ1v) is 12.2. The van der Waals surface area contributed by atoms with Crippen molar-refractivity contribution in [3.8, 4) is 0 Å². The Hall–Kier alpha value is -2.91. The highest BCUT2D eigenvalue weighted by Crippen LogP contribution is 2.37. The molecule has 182 valence electrons. The van der Waals surface area contributed by atoms with E-state index in [0.717, 1.165) is 32.8 Å². The average Bonchev–Trinajstić information content (AvgIpc) is 3.42. The number of anilines is 2. The largest absolute Gasteiger partial charge is 0.377 e. The van der Waals surface area contributed by atoms with E-state index in [1.807, 2.05) is 4.90 Å². The van der Waals surface area contributed by atoms with Gasteiger partial charge < -0.3 is 19.4 Å². The second kappa shape index (κ2) is 9.38. The molecule has 3 saturated heterocycles. The summed E-state index contributed by atoms with van der Waals surface area (Å²) < 4.78 is 7.14. The van der Waals surface area contributed by atoms with Gasteiger partial charge >= 0.3 is 6.03 Å². The Bertz CT molecular complexity index is 1040. The molecule has 1 aromatic carbocycles. The third kappa shape index (κ3) is 4.42. The summed E-state index contributed by atoms with van der Waals surface area (Å²) in [5, 5.41) is 4.18. The van der Waals surface area contributed by atoms with Crippen LogP contribution in [0.3, 0.4) is 0 Å². The van der Waals surface area contributed by atoms with Gasteiger partial charge in [0.1, 0.15) is 0 Å². The second-order valence-electron chi connectivity index (χ2n) is 9.73. The van der Waals surface area contributed by atoms with Gasteiger partial charge in [0.25, 0.3) is 0 Å². The van der Waals surface area contributed by atoms with Crippen LogP contribution in [-0.4, -0.2) is 90.0 Å². The van der Waals surface area contributed by atoms with Crippen LogP contribution in [0.15, 0.2) is 30.6 Å². The van der Waals surface area contributed by atoms with Gasteiger partial charge in [-0.15, -0.1) is 0 Å². The predicted octanol–water partition coefficient (Wildman–Crippen LogP) is 2.33. The molecule has 9 nitrogen and oxygen atoms in total. The topological polar surface area (TPSA) is 74.2 Å². The van der Waals surface area contributed by atoms with E-state index in [9.17, 15) is 9.59 Å². The highest BCUT2D eigenvalue weighted by Gasteiger charge is 2.38. The van der Waals surface area contributed by atoms with Crippen LogP contribution >= 0.6 is 0 Å². The number of hydrogen-bond acceptors (Lipinski definition) is 6. The van der Waals surface area contributed by atoms with Gasteiger partial charge in [-0.1, -0.05) is 12.1 Å². The zero-order valence-corrected chi connectivity index (χ0v) is 20.3. The first kappa shape index (κ1) is 22.9. The van der Waals surface area contributed by atoms with Crippen LogP contribution in [0.2, 0.25) is 0 Å². The van der Waals surface area contributed by atoms with Crippen molar-refractivity contribution in [2.24, 2.45) is 0 Å². The van der Waals surface area contributed by atoms with E-state index >= 15 is 0 Å². The number of carbonyl (C=O) groups is 2. The lowest BCUT2D eigenvalue weighted by Gasteiger charge is -2.39. The summed E-state index contributed by atoms with van der Waals surface area (Å²) in [7, 11) is 1.68. The van der Waals surface area contributed by atoms with Crippen molar-refractivity contribution in [3.63, 3.8) is 0 Å². The van der Waals surface area contributed by atoms with Gasteiger partial charge in [0.2, 0.25) is 5.91 Å². The monoisotopic (exact) mass is 466 g/mol. The number of hydrogen-bond donors (Lipinski definition) is 0. The van der Waals surface area contributed by atoms with Crippen molar-refractivity contribution in [2.75, 3.05) is 56.2 Å². The summed E-state index contributed by atoms with van der Waals surface area (Å²) in [4.78, 5) is 32.9. The molecule has 34 heavy (non-hydrogen) atoms. The Morgan fingerprint density at radius 2 is 1.82 bits per heavy atom. The fourth-order valence-electron chi connectivity index (χ4n) is 5.33. The van der Waals surface area contributed by atoms with Crippen LogP contribution in [-0.2, 0) is 16.1 Å². The number of nitrogens with zero attached hydrogens (tertiary/aromatic N) is 6. The molecule has 0 spiro atoms. The molecule has 2 unspecified atom stereocenters. The van der Waals surface area contributed by atoms with Crippen LogP contribution in [0.1, 0.15) is 30.9 Å². The summed E-state index contributed by atoms with van der Waals surface area (Å²) in [6.45, 7) is 9.11. The Morgan fingerprint density at radius 1 is 1.12 bits per heavy atom. The van der Waals surface area contributed by atoms with Crippen molar-refractivity contribution >= 4 is 23.3 Å². The highest BCUT2D eigenvalue weighted by atomic mass is 16.5. The molecule has 2 bridgehead atoms. The standard InChI is InChI=1S/C25H34N6O3/c1-18-4-5-20(24(12-18)31-21-6-7-22(31)17-34-16-21)14-28-8-10-29(11-9-28)25(33)30-15-23(13-26-30)27(3)19(2)32/h4-5,12-13,15,21-22H,6-11,14,16-17H2,1-3H3. The summed E-state index contributed by atoms with van der Waals surface area (Å²) in [6.07, 6.45) is 5.57. The SMILES string of the molecule is CC(=O)N(C)c1cnn(C(=O)N2CCN(Cc3ccc(C)cc3N3C4CCC3COC4)CC2)c1. The number of piperazine rings is 1. The fraction of sp³-hybridized carbons (Fsp3) is 0.560. The van der Waals surface area contributed by atoms with E-state index in [-0.39, 0.29) is 11.9 Å². The molecule has 2 amide bonds. The number of rotatable bonds is 4. The number of benzene rings is 1. The van der Waals surface area contributed by atoms with Gasteiger partial charge in [0.15, 0.2) is 0 Å². The molecule has 4 heterocycles. The van der Waals surface area contributed by atoms with Crippen molar-refractivity contribution in [1.82, 2.24) is 19.6 Å². The third-order valence-electron chi connectivity index (χ3n) is 7.42. The van der Waals surface area contributed by atoms with E-state index < -0.39 is 0 Å². The van der Waals surface area contributed by atoms with Gasteiger partial charge in [-0.05, 0) is 37.0 Å². The molecule has 0 N–H and O–H groups in total. The zero-order valence-electron chi connectivity index (χ0n) is 20.3. The van der Waals surface area contributed by atoms with E-state index in [1.54, 1.807) is 19.4 Å². The molecular weight excluding hydrogens is 432 g/mol. The van der Waals surface area contributed by atoms with Gasteiger partial charge in [0.05, 0.1) is 43.4 Å². The molecule has 3 fully saturated rings. The number of ether oxygens (including phenoxy) is 1. The number of carbonyl (C=O) groups excluding carboxylic acids is 2. The maximum Gasteiger partial charge on any atom is 0.344 e. The van der Waals surface area contributed by atoms with Gasteiger partial charge in [-0.3, -0.25) is 9.69 Å². The number of morpholine rings is 1. The molecule has 2 aromatic rings. The molecule has 1 aromatic heterocycles. The van der Waals surface area contributed by atoms with Crippen LogP contribution in [0.4, 0.5) is 16.2 Å². The number of aryl methyl sites for hydroxylation is 1. The van der Waals surface area contributed by atoms with Crippen LogP contribution in [0.5, 0.6) is 0 Å². The van der Waals surface area contributed by atoms with Gasteiger partial charge in [0, 0.05) is 52.4 Å². The van der Waals surface area contributed by atoms with Gasteiger partial charge in [-0.25, -0.2) is 4.79 Å². The summed E-state index contributed by atoms with van der Waals surface area (Å²) in [5.41, 5.74) is 4.61. The van der Waals surface area contributed by atoms with Crippen molar-refractivity contribution in [1.29, 1.82) is 0 Å².